The maximum Gasteiger partial charge on any atom is 0.184 e. The van der Waals surface area contributed by atoms with Crippen molar-refractivity contribution in [3.63, 3.8) is 0 Å². The summed E-state index contributed by atoms with van der Waals surface area (Å²) in [5, 5.41) is 8.92. The van der Waals surface area contributed by atoms with E-state index < -0.39 is 0 Å². The number of anilines is 1. The highest BCUT2D eigenvalue weighted by Gasteiger charge is 2.19. The maximum absolute atomic E-state index is 6.18. The first-order valence-electron chi connectivity index (χ1n) is 11.9. The fraction of sp³-hybridized carbons (Fsp3) is 0.346. The van der Waals surface area contributed by atoms with E-state index in [1.165, 1.54) is 18.4 Å². The van der Waals surface area contributed by atoms with Crippen LogP contribution in [-0.4, -0.2) is 45.3 Å². The lowest BCUT2D eigenvalue weighted by Crippen LogP contribution is -2.24. The number of fused-ring (bicyclic) bond motifs is 1. The number of ether oxygens (including phenoxy) is 3. The molecule has 4 heterocycles. The van der Waals surface area contributed by atoms with Crippen LogP contribution in [0.3, 0.4) is 0 Å². The van der Waals surface area contributed by atoms with Gasteiger partial charge in [0.2, 0.25) is 0 Å². The van der Waals surface area contributed by atoms with Crippen molar-refractivity contribution >= 4 is 26.7 Å². The van der Waals surface area contributed by atoms with E-state index in [1.807, 2.05) is 41.2 Å². The second-order valence-corrected chi connectivity index (χ2v) is 9.88. The number of aromatic nitrogens is 4. The van der Waals surface area contributed by atoms with E-state index in [0.29, 0.717) is 31.5 Å². The number of nitrogens with zero attached hydrogens (tertiary/aromatic N) is 4. The lowest BCUT2D eigenvalue weighted by atomic mass is 9.91. The van der Waals surface area contributed by atoms with Gasteiger partial charge in [-0.15, -0.1) is 0 Å². The van der Waals surface area contributed by atoms with Gasteiger partial charge in [-0.1, -0.05) is 29.9 Å². The lowest BCUT2D eigenvalue weighted by Gasteiger charge is -2.25. The molecule has 0 unspecified atom stereocenters. The Morgan fingerprint density at radius 1 is 1.14 bits per heavy atom. The average molecular weight is 490 g/mol. The molecule has 4 aromatic rings. The van der Waals surface area contributed by atoms with Crippen molar-refractivity contribution in [1.29, 1.82) is 0 Å². The number of hydrogen-bond donors (Lipinski definition) is 1. The molecule has 1 N–H and O–H groups in total. The summed E-state index contributed by atoms with van der Waals surface area (Å²) < 4.78 is 20.1. The number of hydrogen-bond acceptors (Lipinski definition) is 8. The van der Waals surface area contributed by atoms with Gasteiger partial charge < -0.3 is 19.5 Å². The Balaban J connectivity index is 1.15. The fourth-order valence-electron chi connectivity index (χ4n) is 4.46. The lowest BCUT2D eigenvalue weighted by molar-refractivity contribution is -0.0545. The van der Waals surface area contributed by atoms with Crippen LogP contribution in [0.15, 0.2) is 61.1 Å². The Kier molecular flexibility index (Phi) is 6.20. The molecule has 1 atom stereocenters. The van der Waals surface area contributed by atoms with E-state index in [1.54, 1.807) is 23.7 Å². The van der Waals surface area contributed by atoms with Crippen molar-refractivity contribution in [3.05, 3.63) is 61.1 Å². The summed E-state index contributed by atoms with van der Waals surface area (Å²) in [6.07, 6.45) is 9.92. The molecule has 8 nitrogen and oxygen atoms in total. The average Bonchev–Trinajstić information content (AvgIpc) is 3.62. The predicted molar refractivity (Wildman–Crippen MR) is 136 cm³/mol. The van der Waals surface area contributed by atoms with E-state index in [-0.39, 0.29) is 6.29 Å². The highest BCUT2D eigenvalue weighted by atomic mass is 32.1. The first kappa shape index (κ1) is 22.2. The van der Waals surface area contributed by atoms with Gasteiger partial charge in [0.1, 0.15) is 11.5 Å². The van der Waals surface area contributed by atoms with Gasteiger partial charge in [-0.2, -0.15) is 5.10 Å². The summed E-state index contributed by atoms with van der Waals surface area (Å²) in [5.74, 6) is 1.48. The van der Waals surface area contributed by atoms with Crippen LogP contribution in [0, 0.1) is 0 Å². The van der Waals surface area contributed by atoms with Gasteiger partial charge in [-0.25, -0.2) is 4.98 Å². The molecule has 3 aromatic heterocycles. The second kappa shape index (κ2) is 9.77. The van der Waals surface area contributed by atoms with Crippen LogP contribution in [-0.2, 0) is 16.0 Å². The van der Waals surface area contributed by atoms with Crippen LogP contribution >= 0.6 is 11.3 Å². The topological polar surface area (TPSA) is 83.3 Å². The third kappa shape index (κ3) is 5.07. The molecule has 1 aromatic carbocycles. The van der Waals surface area contributed by atoms with Crippen molar-refractivity contribution in [3.8, 4) is 22.8 Å². The minimum atomic E-state index is -0.246. The Morgan fingerprint density at radius 3 is 2.91 bits per heavy atom. The molecular weight excluding hydrogens is 462 g/mol. The Labute approximate surface area is 207 Å². The van der Waals surface area contributed by atoms with E-state index in [0.717, 1.165) is 45.2 Å². The standard InChI is InChI=1S/C26H27N5O3S/c1-17-4-2-3-5-21(17)29-26-30-22-7-6-19(13-24(22)35-26)34-20-8-9-27-23(12-20)18-14-28-31(15-18)16-25-32-10-11-33-25/h6-9,12-15,21,25H,1-5,10-11,16H2,(H,29,30)/t21-/m1/s1. The second-order valence-electron chi connectivity index (χ2n) is 8.85. The minimum absolute atomic E-state index is 0.246. The Hall–Kier alpha value is -3.27. The molecule has 2 fully saturated rings. The molecule has 1 saturated heterocycles. The van der Waals surface area contributed by atoms with Crippen molar-refractivity contribution in [1.82, 2.24) is 19.7 Å². The molecular formula is C26H27N5O3S. The van der Waals surface area contributed by atoms with Crippen LogP contribution in [0.5, 0.6) is 11.5 Å². The van der Waals surface area contributed by atoms with Crippen LogP contribution in [0.1, 0.15) is 25.7 Å². The number of benzene rings is 1. The van der Waals surface area contributed by atoms with Gasteiger partial charge >= 0.3 is 0 Å². The zero-order chi connectivity index (χ0) is 23.6. The zero-order valence-electron chi connectivity index (χ0n) is 19.4. The van der Waals surface area contributed by atoms with E-state index >= 15 is 0 Å². The van der Waals surface area contributed by atoms with Crippen LogP contribution < -0.4 is 10.1 Å². The molecule has 0 bridgehead atoms. The summed E-state index contributed by atoms with van der Waals surface area (Å²) in [4.78, 5) is 9.25. The largest absolute Gasteiger partial charge is 0.457 e. The highest BCUT2D eigenvalue weighted by molar-refractivity contribution is 7.22. The summed E-state index contributed by atoms with van der Waals surface area (Å²) in [5.41, 5.74) is 3.94. The monoisotopic (exact) mass is 489 g/mol. The van der Waals surface area contributed by atoms with Crippen LogP contribution in [0.2, 0.25) is 0 Å². The van der Waals surface area contributed by atoms with Crippen molar-refractivity contribution < 1.29 is 14.2 Å². The molecule has 0 amide bonds. The molecule has 180 valence electrons. The quantitative estimate of drug-likeness (QED) is 0.337. The van der Waals surface area contributed by atoms with E-state index in [2.05, 4.69) is 22.0 Å². The molecule has 1 aliphatic heterocycles. The molecule has 9 heteroatoms. The molecule has 2 aliphatic rings. The minimum Gasteiger partial charge on any atom is -0.457 e. The molecule has 6 rings (SSSR count). The SMILES string of the molecule is C=C1CCCC[C@H]1Nc1nc2ccc(Oc3ccnc(-c4cnn(CC5OCCO5)c4)c3)cc2s1. The number of rotatable bonds is 7. The fourth-order valence-corrected chi connectivity index (χ4v) is 5.41. The molecule has 0 radical (unpaired) electrons. The smallest absolute Gasteiger partial charge is 0.184 e. The first-order chi connectivity index (χ1) is 17.2. The molecule has 0 spiro atoms. The van der Waals surface area contributed by atoms with Crippen LogP contribution in [0.25, 0.3) is 21.5 Å². The zero-order valence-corrected chi connectivity index (χ0v) is 20.2. The van der Waals surface area contributed by atoms with Crippen molar-refractivity contribution in [2.75, 3.05) is 18.5 Å². The van der Waals surface area contributed by atoms with Gasteiger partial charge in [-0.05, 0) is 37.5 Å². The predicted octanol–water partition coefficient (Wildman–Crippen LogP) is 5.63. The first-order valence-corrected chi connectivity index (χ1v) is 12.8. The van der Waals surface area contributed by atoms with Crippen LogP contribution in [0.4, 0.5) is 5.13 Å². The molecule has 35 heavy (non-hydrogen) atoms. The molecule has 1 saturated carbocycles. The van der Waals surface area contributed by atoms with Gasteiger partial charge in [0.25, 0.3) is 0 Å². The van der Waals surface area contributed by atoms with Gasteiger partial charge in [0, 0.05) is 36.1 Å². The summed E-state index contributed by atoms with van der Waals surface area (Å²) in [6, 6.07) is 10.1. The van der Waals surface area contributed by atoms with Crippen molar-refractivity contribution in [2.45, 2.75) is 44.6 Å². The van der Waals surface area contributed by atoms with Gasteiger partial charge in [0.15, 0.2) is 11.4 Å². The molecule has 1 aliphatic carbocycles. The summed E-state index contributed by atoms with van der Waals surface area (Å²) in [6.45, 7) is 6.04. The third-order valence-electron chi connectivity index (χ3n) is 6.31. The van der Waals surface area contributed by atoms with E-state index in [4.69, 9.17) is 19.2 Å². The van der Waals surface area contributed by atoms with Crippen molar-refractivity contribution in [2.24, 2.45) is 0 Å². The maximum atomic E-state index is 6.18. The van der Waals surface area contributed by atoms with Gasteiger partial charge in [0.05, 0.1) is 41.9 Å². The Morgan fingerprint density at radius 2 is 2.03 bits per heavy atom. The van der Waals surface area contributed by atoms with Gasteiger partial charge in [-0.3, -0.25) is 9.67 Å². The summed E-state index contributed by atoms with van der Waals surface area (Å²) in [7, 11) is 0. The summed E-state index contributed by atoms with van der Waals surface area (Å²) >= 11 is 1.65. The Bertz CT molecular complexity index is 1340. The highest BCUT2D eigenvalue weighted by Crippen LogP contribution is 2.34. The van der Waals surface area contributed by atoms with E-state index in [9.17, 15) is 0 Å². The number of thiazole rings is 1. The number of pyridine rings is 1. The number of nitrogens with one attached hydrogen (secondary N) is 1. The normalized spacial score (nSPS) is 18.9. The third-order valence-corrected chi connectivity index (χ3v) is 7.26.